The van der Waals surface area contributed by atoms with Gasteiger partial charge in [-0.3, -0.25) is 0 Å². The number of ether oxygens (including phenoxy) is 2. The van der Waals surface area contributed by atoms with E-state index in [-0.39, 0.29) is 11.2 Å². The van der Waals surface area contributed by atoms with Crippen molar-refractivity contribution in [1.29, 1.82) is 0 Å². The number of hydrogen-bond donors (Lipinski definition) is 0. The smallest absolute Gasteiger partial charge is 0.134 e. The monoisotopic (exact) mass is 206 g/mol. The van der Waals surface area contributed by atoms with Gasteiger partial charge in [0, 0.05) is 0 Å². The highest BCUT2D eigenvalue weighted by molar-refractivity contribution is 5.27. The summed E-state index contributed by atoms with van der Waals surface area (Å²) in [4.78, 5) is 0. The molecule has 0 aliphatic carbocycles. The first-order valence-corrected chi connectivity index (χ1v) is 5.33. The minimum absolute atomic E-state index is 0.127. The zero-order valence-electron chi connectivity index (χ0n) is 9.83. The molecule has 2 rings (SSSR count). The molecular weight excluding hydrogens is 188 g/mol. The van der Waals surface area contributed by atoms with Gasteiger partial charge in [-0.1, -0.05) is 17.7 Å². The van der Waals surface area contributed by atoms with Crippen LogP contribution in [0.4, 0.5) is 0 Å². The molecule has 1 heterocycles. The lowest BCUT2D eigenvalue weighted by molar-refractivity contribution is 0.0268. The van der Waals surface area contributed by atoms with Crippen LogP contribution in [-0.4, -0.2) is 17.8 Å². The zero-order valence-corrected chi connectivity index (χ0v) is 9.83. The summed E-state index contributed by atoms with van der Waals surface area (Å²) >= 11 is 0. The maximum absolute atomic E-state index is 5.96. The summed E-state index contributed by atoms with van der Waals surface area (Å²) in [7, 11) is 0. The molecule has 1 fully saturated rings. The summed E-state index contributed by atoms with van der Waals surface area (Å²) in [6, 6.07) is 8.12. The molecule has 0 bridgehead atoms. The Labute approximate surface area is 91.2 Å². The first kappa shape index (κ1) is 10.5. The highest BCUT2D eigenvalue weighted by Gasteiger charge is 2.54. The average Bonchev–Trinajstić information content (AvgIpc) is 2.89. The molecule has 82 valence electrons. The van der Waals surface area contributed by atoms with Gasteiger partial charge in [0.15, 0.2) is 0 Å². The van der Waals surface area contributed by atoms with Crippen LogP contribution in [0.3, 0.4) is 0 Å². The van der Waals surface area contributed by atoms with Crippen molar-refractivity contribution < 1.29 is 9.47 Å². The summed E-state index contributed by atoms with van der Waals surface area (Å²) in [6.45, 7) is 9.08. The maximum atomic E-state index is 5.96. The van der Waals surface area contributed by atoms with Crippen LogP contribution in [-0.2, 0) is 4.74 Å². The highest BCUT2D eigenvalue weighted by atomic mass is 16.6. The van der Waals surface area contributed by atoms with Gasteiger partial charge in [0.2, 0.25) is 0 Å². The molecule has 1 aliphatic heterocycles. The van der Waals surface area contributed by atoms with Crippen LogP contribution in [0.15, 0.2) is 24.3 Å². The van der Waals surface area contributed by atoms with E-state index in [9.17, 15) is 0 Å². The topological polar surface area (TPSA) is 21.8 Å². The lowest BCUT2D eigenvalue weighted by Gasteiger charge is -2.30. The number of aryl methyl sites for hydroxylation is 1. The second kappa shape index (κ2) is 3.24. The van der Waals surface area contributed by atoms with E-state index < -0.39 is 0 Å². The zero-order chi connectivity index (χ0) is 11.1. The Morgan fingerprint density at radius 2 is 1.80 bits per heavy atom. The summed E-state index contributed by atoms with van der Waals surface area (Å²) < 4.78 is 11.4. The third-order valence-electron chi connectivity index (χ3n) is 3.24. The van der Waals surface area contributed by atoms with Crippen LogP contribution in [0, 0.1) is 6.92 Å². The van der Waals surface area contributed by atoms with Gasteiger partial charge in [0.25, 0.3) is 0 Å². The Balaban J connectivity index is 2.11. The largest absolute Gasteiger partial charge is 0.485 e. The molecule has 2 heteroatoms. The maximum Gasteiger partial charge on any atom is 0.134 e. The van der Waals surface area contributed by atoms with Crippen molar-refractivity contribution in [2.24, 2.45) is 0 Å². The third kappa shape index (κ3) is 2.00. The van der Waals surface area contributed by atoms with Gasteiger partial charge < -0.3 is 9.47 Å². The molecule has 2 nitrogen and oxygen atoms in total. The summed E-state index contributed by atoms with van der Waals surface area (Å²) in [6.07, 6.45) is 0. The van der Waals surface area contributed by atoms with Crippen molar-refractivity contribution in [2.75, 3.05) is 6.61 Å². The van der Waals surface area contributed by atoms with E-state index in [0.717, 1.165) is 12.4 Å². The number of rotatable bonds is 3. The number of hydrogen-bond acceptors (Lipinski definition) is 2. The molecule has 1 atom stereocenters. The molecule has 0 amide bonds. The Bertz CT molecular complexity index is 347. The van der Waals surface area contributed by atoms with Gasteiger partial charge >= 0.3 is 0 Å². The van der Waals surface area contributed by atoms with Gasteiger partial charge in [-0.2, -0.15) is 0 Å². The molecular formula is C13H18O2. The third-order valence-corrected chi connectivity index (χ3v) is 3.24. The standard InChI is InChI=1S/C13H18O2/c1-10-5-7-11(8-6-10)15-12(2,3)13(4)9-14-13/h5-8H,9H2,1-4H3. The summed E-state index contributed by atoms with van der Waals surface area (Å²) in [5.74, 6) is 0.905. The van der Waals surface area contributed by atoms with E-state index >= 15 is 0 Å². The van der Waals surface area contributed by atoms with Crippen molar-refractivity contribution in [3.8, 4) is 5.75 Å². The molecule has 1 unspecified atom stereocenters. The Morgan fingerprint density at radius 3 is 2.27 bits per heavy atom. The van der Waals surface area contributed by atoms with Crippen molar-refractivity contribution >= 4 is 0 Å². The van der Waals surface area contributed by atoms with E-state index in [1.807, 2.05) is 12.1 Å². The van der Waals surface area contributed by atoms with Crippen molar-refractivity contribution in [1.82, 2.24) is 0 Å². The fourth-order valence-electron chi connectivity index (χ4n) is 1.46. The minimum Gasteiger partial charge on any atom is -0.485 e. The van der Waals surface area contributed by atoms with Crippen LogP contribution in [0.25, 0.3) is 0 Å². The molecule has 1 aromatic carbocycles. The lowest BCUT2D eigenvalue weighted by atomic mass is 9.93. The van der Waals surface area contributed by atoms with Crippen LogP contribution < -0.4 is 4.74 Å². The Morgan fingerprint density at radius 1 is 1.27 bits per heavy atom. The highest BCUT2D eigenvalue weighted by Crippen LogP contribution is 2.40. The van der Waals surface area contributed by atoms with Crippen LogP contribution >= 0.6 is 0 Å². The fraction of sp³-hybridized carbons (Fsp3) is 0.538. The lowest BCUT2D eigenvalue weighted by Crippen LogP contribution is -2.43. The van der Waals surface area contributed by atoms with E-state index in [2.05, 4.69) is 39.8 Å². The molecule has 15 heavy (non-hydrogen) atoms. The summed E-state index contributed by atoms with van der Waals surface area (Å²) in [5, 5.41) is 0. The fourth-order valence-corrected chi connectivity index (χ4v) is 1.46. The molecule has 0 aromatic heterocycles. The van der Waals surface area contributed by atoms with E-state index in [1.54, 1.807) is 0 Å². The Hall–Kier alpha value is -1.02. The van der Waals surface area contributed by atoms with Gasteiger partial charge in [-0.15, -0.1) is 0 Å². The van der Waals surface area contributed by atoms with Crippen LogP contribution in [0.1, 0.15) is 26.3 Å². The first-order chi connectivity index (χ1) is 6.93. The van der Waals surface area contributed by atoms with Gasteiger partial charge in [0.1, 0.15) is 17.0 Å². The minimum atomic E-state index is -0.276. The van der Waals surface area contributed by atoms with E-state index in [1.165, 1.54) is 5.56 Å². The predicted octanol–water partition coefficient (Wildman–Crippen LogP) is 2.94. The SMILES string of the molecule is Cc1ccc(OC(C)(C)C2(C)CO2)cc1. The quantitative estimate of drug-likeness (QED) is 0.709. The number of epoxide rings is 1. The normalized spacial score (nSPS) is 25.1. The first-order valence-electron chi connectivity index (χ1n) is 5.33. The van der Waals surface area contributed by atoms with E-state index in [0.29, 0.717) is 0 Å². The number of benzene rings is 1. The Kier molecular flexibility index (Phi) is 2.27. The van der Waals surface area contributed by atoms with E-state index in [4.69, 9.17) is 9.47 Å². The van der Waals surface area contributed by atoms with Gasteiger partial charge in [0.05, 0.1) is 6.61 Å². The van der Waals surface area contributed by atoms with Gasteiger partial charge in [-0.05, 0) is 39.8 Å². The van der Waals surface area contributed by atoms with Crippen molar-refractivity contribution in [3.63, 3.8) is 0 Å². The summed E-state index contributed by atoms with van der Waals surface area (Å²) in [5.41, 5.74) is 0.842. The predicted molar refractivity (Wildman–Crippen MR) is 60.2 cm³/mol. The van der Waals surface area contributed by atoms with Gasteiger partial charge in [-0.25, -0.2) is 0 Å². The average molecular weight is 206 g/mol. The van der Waals surface area contributed by atoms with Crippen molar-refractivity contribution in [2.45, 2.75) is 38.9 Å². The molecule has 1 aromatic rings. The molecule has 0 N–H and O–H groups in total. The van der Waals surface area contributed by atoms with Crippen LogP contribution in [0.2, 0.25) is 0 Å². The molecule has 1 aliphatic rings. The molecule has 0 spiro atoms. The van der Waals surface area contributed by atoms with Crippen molar-refractivity contribution in [3.05, 3.63) is 29.8 Å². The molecule has 0 radical (unpaired) electrons. The second-order valence-electron chi connectivity index (χ2n) is 4.94. The molecule has 0 saturated carbocycles. The molecule has 1 saturated heterocycles. The van der Waals surface area contributed by atoms with Crippen LogP contribution in [0.5, 0.6) is 5.75 Å². The second-order valence-corrected chi connectivity index (χ2v) is 4.94.